The summed E-state index contributed by atoms with van der Waals surface area (Å²) >= 11 is 0. The van der Waals surface area contributed by atoms with Crippen molar-refractivity contribution in [3.63, 3.8) is 0 Å². The number of aromatic amines is 1. The molecule has 2 rings (SSSR count). The van der Waals surface area contributed by atoms with E-state index in [9.17, 15) is 14.4 Å². The molecule has 120 valence electrons. The minimum Gasteiger partial charge on any atom is -0.349 e. The summed E-state index contributed by atoms with van der Waals surface area (Å²) in [5.74, 6) is 0.167. The quantitative estimate of drug-likeness (QED) is 0.851. The molecule has 1 aliphatic rings. The van der Waals surface area contributed by atoms with Gasteiger partial charge in [-0.05, 0) is 26.2 Å². The molecule has 7 nitrogen and oxygen atoms in total. The highest BCUT2D eigenvalue weighted by atomic mass is 16.2. The molecule has 0 radical (unpaired) electrons. The van der Waals surface area contributed by atoms with Crippen LogP contribution in [0.15, 0.2) is 11.0 Å². The van der Waals surface area contributed by atoms with Gasteiger partial charge in [-0.25, -0.2) is 4.98 Å². The van der Waals surface area contributed by atoms with Crippen LogP contribution in [-0.4, -0.2) is 45.8 Å². The van der Waals surface area contributed by atoms with Crippen molar-refractivity contribution in [2.24, 2.45) is 0 Å². The van der Waals surface area contributed by atoms with Gasteiger partial charge in [0.15, 0.2) is 0 Å². The van der Waals surface area contributed by atoms with Crippen molar-refractivity contribution in [1.29, 1.82) is 0 Å². The zero-order valence-corrected chi connectivity index (χ0v) is 13.0. The molecule has 1 aromatic rings. The van der Waals surface area contributed by atoms with Crippen molar-refractivity contribution < 1.29 is 9.59 Å². The van der Waals surface area contributed by atoms with Crippen molar-refractivity contribution in [3.8, 4) is 0 Å². The van der Waals surface area contributed by atoms with Crippen LogP contribution in [0.5, 0.6) is 0 Å². The Labute approximate surface area is 129 Å². The van der Waals surface area contributed by atoms with Crippen LogP contribution in [0.25, 0.3) is 0 Å². The monoisotopic (exact) mass is 306 g/mol. The lowest BCUT2D eigenvalue weighted by Gasteiger charge is -2.20. The average Bonchev–Trinajstić information content (AvgIpc) is 2.63. The van der Waals surface area contributed by atoms with Crippen LogP contribution >= 0.6 is 0 Å². The molecule has 0 aliphatic carbocycles. The zero-order chi connectivity index (χ0) is 16.1. The number of hydrogen-bond acceptors (Lipinski definition) is 4. The van der Waals surface area contributed by atoms with E-state index in [0.29, 0.717) is 31.6 Å². The fraction of sp³-hybridized carbons (Fsp3) is 0.600. The van der Waals surface area contributed by atoms with E-state index < -0.39 is 11.5 Å². The van der Waals surface area contributed by atoms with Crippen LogP contribution < -0.4 is 10.9 Å². The van der Waals surface area contributed by atoms with E-state index in [1.54, 1.807) is 6.92 Å². The molecule has 0 spiro atoms. The second-order valence-electron chi connectivity index (χ2n) is 5.59. The fourth-order valence-corrected chi connectivity index (χ4v) is 2.60. The van der Waals surface area contributed by atoms with Crippen LogP contribution in [0.1, 0.15) is 48.8 Å². The number of aryl methyl sites for hydroxylation is 1. The largest absolute Gasteiger partial charge is 0.349 e. The third-order valence-corrected chi connectivity index (χ3v) is 3.81. The van der Waals surface area contributed by atoms with Gasteiger partial charge in [0.05, 0.1) is 0 Å². The minimum absolute atomic E-state index is 0.00610. The summed E-state index contributed by atoms with van der Waals surface area (Å²) < 4.78 is 0. The van der Waals surface area contributed by atoms with Gasteiger partial charge in [0.1, 0.15) is 11.4 Å². The smallest absolute Gasteiger partial charge is 0.263 e. The Bertz CT molecular complexity index is 611. The van der Waals surface area contributed by atoms with Crippen molar-refractivity contribution in [3.05, 3.63) is 27.9 Å². The lowest BCUT2D eigenvalue weighted by molar-refractivity contribution is -0.130. The molecule has 22 heavy (non-hydrogen) atoms. The minimum atomic E-state index is -0.442. The molecule has 0 saturated carbocycles. The van der Waals surface area contributed by atoms with Crippen molar-refractivity contribution in [2.75, 3.05) is 13.1 Å². The molecule has 0 aromatic carbocycles. The van der Waals surface area contributed by atoms with E-state index in [0.717, 1.165) is 13.0 Å². The molecule has 1 atom stereocenters. The Morgan fingerprint density at radius 3 is 2.91 bits per heavy atom. The van der Waals surface area contributed by atoms with Gasteiger partial charge in [0.25, 0.3) is 11.5 Å². The molecule has 2 heterocycles. The van der Waals surface area contributed by atoms with Gasteiger partial charge in [-0.2, -0.15) is 0 Å². The number of H-pyrrole nitrogens is 1. The number of aromatic nitrogens is 2. The van der Waals surface area contributed by atoms with Crippen molar-refractivity contribution in [2.45, 2.75) is 45.6 Å². The summed E-state index contributed by atoms with van der Waals surface area (Å²) in [6.45, 7) is 5.08. The van der Waals surface area contributed by atoms with Crippen LogP contribution in [0, 0.1) is 6.92 Å². The van der Waals surface area contributed by atoms with E-state index in [2.05, 4.69) is 15.3 Å². The van der Waals surface area contributed by atoms with E-state index in [1.165, 1.54) is 6.20 Å². The van der Waals surface area contributed by atoms with Crippen LogP contribution in [-0.2, 0) is 4.79 Å². The zero-order valence-electron chi connectivity index (χ0n) is 13.0. The molecule has 1 fully saturated rings. The third kappa shape index (κ3) is 3.93. The fourth-order valence-electron chi connectivity index (χ4n) is 2.60. The standard InChI is InChI=1S/C15H22N4O3/c1-3-7-19-8-6-11(4-5-13(19)20)18-15(22)12-9-16-10(2)17-14(12)21/h9,11H,3-8H2,1-2H3,(H,18,22)(H,16,17,21). The number of hydrogen-bond donors (Lipinski definition) is 2. The van der Waals surface area contributed by atoms with Gasteiger partial charge in [-0.3, -0.25) is 14.4 Å². The number of nitrogens with zero attached hydrogens (tertiary/aromatic N) is 2. The molecule has 7 heteroatoms. The van der Waals surface area contributed by atoms with E-state index in [-0.39, 0.29) is 17.5 Å². The number of carbonyl (C=O) groups excluding carboxylic acids is 2. The highest BCUT2D eigenvalue weighted by Gasteiger charge is 2.24. The SMILES string of the molecule is CCCN1CCC(NC(=O)c2cnc(C)[nH]c2=O)CCC1=O. The molecule has 1 saturated heterocycles. The molecular weight excluding hydrogens is 284 g/mol. The average molecular weight is 306 g/mol. The van der Waals surface area contributed by atoms with E-state index >= 15 is 0 Å². The Hall–Kier alpha value is -2.18. The van der Waals surface area contributed by atoms with Crippen LogP contribution in [0.3, 0.4) is 0 Å². The highest BCUT2D eigenvalue weighted by Crippen LogP contribution is 2.13. The number of amides is 2. The van der Waals surface area contributed by atoms with Gasteiger partial charge >= 0.3 is 0 Å². The normalized spacial score (nSPS) is 18.9. The predicted octanol–water partition coefficient (Wildman–Crippen LogP) is 0.599. The molecular formula is C15H22N4O3. The van der Waals surface area contributed by atoms with Crippen molar-refractivity contribution >= 4 is 11.8 Å². The predicted molar refractivity (Wildman–Crippen MR) is 81.6 cm³/mol. The second-order valence-corrected chi connectivity index (χ2v) is 5.59. The van der Waals surface area contributed by atoms with Gasteiger partial charge in [-0.1, -0.05) is 6.92 Å². The van der Waals surface area contributed by atoms with Crippen molar-refractivity contribution in [1.82, 2.24) is 20.2 Å². The van der Waals surface area contributed by atoms with Gasteiger partial charge < -0.3 is 15.2 Å². The van der Waals surface area contributed by atoms with Crippen LogP contribution in [0.2, 0.25) is 0 Å². The first-order valence-electron chi connectivity index (χ1n) is 7.65. The number of carbonyl (C=O) groups is 2. The molecule has 2 N–H and O–H groups in total. The molecule has 2 amide bonds. The molecule has 1 aliphatic heterocycles. The van der Waals surface area contributed by atoms with Gasteiger partial charge in [0, 0.05) is 31.7 Å². The Morgan fingerprint density at radius 1 is 1.45 bits per heavy atom. The van der Waals surface area contributed by atoms with Gasteiger partial charge in [0.2, 0.25) is 5.91 Å². The topological polar surface area (TPSA) is 95.2 Å². The highest BCUT2D eigenvalue weighted by molar-refractivity contribution is 5.93. The Kier molecular flexibility index (Phi) is 5.30. The first-order valence-corrected chi connectivity index (χ1v) is 7.65. The lowest BCUT2D eigenvalue weighted by atomic mass is 10.1. The molecule has 1 aromatic heterocycles. The second kappa shape index (κ2) is 7.20. The maximum absolute atomic E-state index is 12.2. The molecule has 0 bridgehead atoms. The summed E-state index contributed by atoms with van der Waals surface area (Å²) in [5, 5.41) is 2.84. The van der Waals surface area contributed by atoms with Crippen LogP contribution in [0.4, 0.5) is 0 Å². The Morgan fingerprint density at radius 2 is 2.23 bits per heavy atom. The van der Waals surface area contributed by atoms with E-state index in [4.69, 9.17) is 0 Å². The van der Waals surface area contributed by atoms with Gasteiger partial charge in [-0.15, -0.1) is 0 Å². The summed E-state index contributed by atoms with van der Waals surface area (Å²) in [7, 11) is 0. The number of rotatable bonds is 4. The Balaban J connectivity index is 2.00. The maximum atomic E-state index is 12.2. The summed E-state index contributed by atoms with van der Waals surface area (Å²) in [5.41, 5.74) is -0.436. The van der Waals surface area contributed by atoms with E-state index in [1.807, 2.05) is 11.8 Å². The lowest BCUT2D eigenvalue weighted by Crippen LogP contribution is -2.38. The summed E-state index contributed by atoms with van der Waals surface area (Å²) in [4.78, 5) is 44.2. The maximum Gasteiger partial charge on any atom is 0.263 e. The first kappa shape index (κ1) is 16.2. The number of likely N-dealkylation sites (tertiary alicyclic amines) is 1. The summed E-state index contributed by atoms with van der Waals surface area (Å²) in [6, 6.07) is -0.0981. The summed E-state index contributed by atoms with van der Waals surface area (Å²) in [6.07, 6.45) is 3.94. The third-order valence-electron chi connectivity index (χ3n) is 3.81. The number of nitrogens with one attached hydrogen (secondary N) is 2. The molecule has 1 unspecified atom stereocenters. The first-order chi connectivity index (χ1) is 10.5.